The summed E-state index contributed by atoms with van der Waals surface area (Å²) < 4.78 is 16.5. The lowest BCUT2D eigenvalue weighted by atomic mass is 9.98. The highest BCUT2D eigenvalue weighted by Crippen LogP contribution is 2.31. The second-order valence-electron chi connectivity index (χ2n) is 8.80. The summed E-state index contributed by atoms with van der Waals surface area (Å²) in [6.07, 6.45) is 0. The average molecular weight is 489 g/mol. The summed E-state index contributed by atoms with van der Waals surface area (Å²) in [6.45, 7) is 8.52. The van der Waals surface area contributed by atoms with E-state index in [-0.39, 0.29) is 17.6 Å². The Hall–Kier alpha value is -3.45. The highest BCUT2D eigenvalue weighted by molar-refractivity contribution is 8.00. The Kier molecular flexibility index (Phi) is 7.66. The second kappa shape index (κ2) is 10.9. The SMILES string of the molecule is Cc1cccc(C(C)C)c1NC(=O)C(C)Sc1nnc(-c2ccccc2F)n1Cc1ccccc1. The van der Waals surface area contributed by atoms with Crippen LogP contribution in [0.25, 0.3) is 11.4 Å². The molecule has 4 rings (SSSR count). The molecule has 0 bridgehead atoms. The van der Waals surface area contributed by atoms with E-state index in [0.29, 0.717) is 23.1 Å². The van der Waals surface area contributed by atoms with E-state index in [9.17, 15) is 9.18 Å². The van der Waals surface area contributed by atoms with Crippen molar-refractivity contribution < 1.29 is 9.18 Å². The molecular weight excluding hydrogens is 459 g/mol. The molecule has 5 nitrogen and oxygen atoms in total. The first kappa shape index (κ1) is 24.7. The van der Waals surface area contributed by atoms with Crippen LogP contribution in [-0.2, 0) is 11.3 Å². The minimum atomic E-state index is -0.443. The van der Waals surface area contributed by atoms with E-state index in [0.717, 1.165) is 22.4 Å². The van der Waals surface area contributed by atoms with E-state index in [4.69, 9.17) is 0 Å². The van der Waals surface area contributed by atoms with Crippen molar-refractivity contribution >= 4 is 23.4 Å². The maximum absolute atomic E-state index is 14.6. The normalized spacial score (nSPS) is 12.1. The molecule has 35 heavy (non-hydrogen) atoms. The Morgan fingerprint density at radius 2 is 1.69 bits per heavy atom. The quantitative estimate of drug-likeness (QED) is 0.281. The second-order valence-corrected chi connectivity index (χ2v) is 10.1. The molecule has 1 atom stereocenters. The number of benzene rings is 3. The number of halogens is 1. The molecular formula is C28H29FN4OS. The number of anilines is 1. The highest BCUT2D eigenvalue weighted by Gasteiger charge is 2.23. The van der Waals surface area contributed by atoms with Crippen LogP contribution in [0.4, 0.5) is 10.1 Å². The number of thioether (sulfide) groups is 1. The first-order valence-electron chi connectivity index (χ1n) is 11.6. The number of nitrogens with one attached hydrogen (secondary N) is 1. The van der Waals surface area contributed by atoms with Gasteiger partial charge in [-0.1, -0.05) is 86.3 Å². The lowest BCUT2D eigenvalue weighted by Gasteiger charge is -2.19. The molecule has 0 aliphatic rings. The average Bonchev–Trinajstić information content (AvgIpc) is 3.22. The van der Waals surface area contributed by atoms with Gasteiger partial charge in [-0.2, -0.15) is 0 Å². The molecule has 7 heteroatoms. The summed E-state index contributed by atoms with van der Waals surface area (Å²) in [5, 5.41) is 11.9. The van der Waals surface area contributed by atoms with Crippen molar-refractivity contribution in [1.29, 1.82) is 0 Å². The van der Waals surface area contributed by atoms with Crippen LogP contribution in [0.5, 0.6) is 0 Å². The first-order valence-corrected chi connectivity index (χ1v) is 12.5. The monoisotopic (exact) mass is 488 g/mol. The molecule has 3 aromatic carbocycles. The van der Waals surface area contributed by atoms with Gasteiger partial charge in [0.25, 0.3) is 0 Å². The van der Waals surface area contributed by atoms with Crippen molar-refractivity contribution in [3.8, 4) is 11.4 Å². The summed E-state index contributed by atoms with van der Waals surface area (Å²) in [7, 11) is 0. The molecule has 0 aliphatic carbocycles. The summed E-state index contributed by atoms with van der Waals surface area (Å²) in [4.78, 5) is 13.2. The van der Waals surface area contributed by atoms with Gasteiger partial charge < -0.3 is 5.32 Å². The number of nitrogens with zero attached hydrogens (tertiary/aromatic N) is 3. The van der Waals surface area contributed by atoms with Gasteiger partial charge >= 0.3 is 0 Å². The number of amides is 1. The Morgan fingerprint density at radius 3 is 2.40 bits per heavy atom. The van der Waals surface area contributed by atoms with Gasteiger partial charge in [0.05, 0.1) is 17.4 Å². The van der Waals surface area contributed by atoms with Crippen LogP contribution in [0.2, 0.25) is 0 Å². The standard InChI is InChI=1S/C28H29FN4OS/c1-18(2)22-15-10-11-19(3)25(22)30-27(34)20(4)35-28-32-31-26(23-14-8-9-16-24(23)29)33(28)17-21-12-6-5-7-13-21/h5-16,18,20H,17H2,1-4H3,(H,30,34). The van der Waals surface area contributed by atoms with Crippen molar-refractivity contribution in [2.45, 2.75) is 50.6 Å². The fourth-order valence-electron chi connectivity index (χ4n) is 3.91. The van der Waals surface area contributed by atoms with Crippen LogP contribution in [0, 0.1) is 12.7 Å². The third-order valence-electron chi connectivity index (χ3n) is 5.84. The van der Waals surface area contributed by atoms with Gasteiger partial charge in [-0.3, -0.25) is 9.36 Å². The molecule has 1 heterocycles. The zero-order chi connectivity index (χ0) is 24.9. The van der Waals surface area contributed by atoms with Crippen LogP contribution in [0.1, 0.15) is 43.4 Å². The largest absolute Gasteiger partial charge is 0.325 e. The lowest BCUT2D eigenvalue weighted by molar-refractivity contribution is -0.115. The summed E-state index contributed by atoms with van der Waals surface area (Å²) in [5.74, 6) is 0.235. The number of rotatable bonds is 8. The fourth-order valence-corrected chi connectivity index (χ4v) is 4.75. The molecule has 0 radical (unpaired) electrons. The van der Waals surface area contributed by atoms with Crippen molar-refractivity contribution in [2.24, 2.45) is 0 Å². The molecule has 0 fully saturated rings. The predicted octanol–water partition coefficient (Wildman–Crippen LogP) is 6.68. The highest BCUT2D eigenvalue weighted by atomic mass is 32.2. The van der Waals surface area contributed by atoms with Gasteiger partial charge in [-0.15, -0.1) is 10.2 Å². The van der Waals surface area contributed by atoms with Crippen LogP contribution in [0.15, 0.2) is 78.0 Å². The fraction of sp³-hybridized carbons (Fsp3) is 0.250. The number of para-hydroxylation sites is 1. The number of hydrogen-bond acceptors (Lipinski definition) is 4. The van der Waals surface area contributed by atoms with E-state index in [1.807, 2.05) is 66.9 Å². The third kappa shape index (κ3) is 5.62. The van der Waals surface area contributed by atoms with Gasteiger partial charge in [0.15, 0.2) is 11.0 Å². The third-order valence-corrected chi connectivity index (χ3v) is 6.92. The molecule has 1 unspecified atom stereocenters. The molecule has 0 saturated heterocycles. The maximum Gasteiger partial charge on any atom is 0.237 e. The van der Waals surface area contributed by atoms with Gasteiger partial charge in [-0.05, 0) is 48.6 Å². The van der Waals surface area contributed by atoms with E-state index in [2.05, 4.69) is 29.4 Å². The predicted molar refractivity (Wildman–Crippen MR) is 140 cm³/mol. The van der Waals surface area contributed by atoms with Crippen molar-refractivity contribution in [3.05, 3.63) is 95.3 Å². The molecule has 4 aromatic rings. The number of aryl methyl sites for hydroxylation is 1. The van der Waals surface area contributed by atoms with Crippen molar-refractivity contribution in [1.82, 2.24) is 14.8 Å². The summed E-state index contributed by atoms with van der Waals surface area (Å²) >= 11 is 1.31. The van der Waals surface area contributed by atoms with Crippen molar-refractivity contribution in [2.75, 3.05) is 5.32 Å². The first-order chi connectivity index (χ1) is 16.8. The van der Waals surface area contributed by atoms with Gasteiger partial charge in [0, 0.05) is 5.69 Å². The Bertz CT molecular complexity index is 1320. The number of aromatic nitrogens is 3. The molecule has 0 aliphatic heterocycles. The van der Waals surface area contributed by atoms with Gasteiger partial charge in [-0.25, -0.2) is 4.39 Å². The van der Waals surface area contributed by atoms with Crippen LogP contribution < -0.4 is 5.32 Å². The molecule has 1 aromatic heterocycles. The lowest BCUT2D eigenvalue weighted by Crippen LogP contribution is -2.24. The van der Waals surface area contributed by atoms with E-state index < -0.39 is 5.25 Å². The minimum absolute atomic E-state index is 0.118. The zero-order valence-electron chi connectivity index (χ0n) is 20.3. The smallest absolute Gasteiger partial charge is 0.237 e. The van der Waals surface area contributed by atoms with Gasteiger partial charge in [0.1, 0.15) is 5.82 Å². The van der Waals surface area contributed by atoms with Crippen LogP contribution >= 0.6 is 11.8 Å². The number of carbonyl (C=O) groups excluding carboxylic acids is 1. The maximum atomic E-state index is 14.6. The van der Waals surface area contributed by atoms with E-state index in [1.54, 1.807) is 18.2 Å². The van der Waals surface area contributed by atoms with Crippen molar-refractivity contribution in [3.63, 3.8) is 0 Å². The minimum Gasteiger partial charge on any atom is -0.325 e. The molecule has 0 spiro atoms. The topological polar surface area (TPSA) is 59.8 Å². The van der Waals surface area contributed by atoms with E-state index >= 15 is 0 Å². The molecule has 1 amide bonds. The molecule has 180 valence electrons. The Morgan fingerprint density at radius 1 is 0.971 bits per heavy atom. The Balaban J connectivity index is 1.63. The number of carbonyl (C=O) groups is 1. The molecule has 0 saturated carbocycles. The van der Waals surface area contributed by atoms with Crippen LogP contribution in [-0.4, -0.2) is 25.9 Å². The summed E-state index contributed by atoms with van der Waals surface area (Å²) in [5.41, 5.74) is 4.39. The molecule has 1 N–H and O–H groups in total. The Labute approximate surface area is 209 Å². The number of hydrogen-bond donors (Lipinski definition) is 1. The van der Waals surface area contributed by atoms with E-state index in [1.165, 1.54) is 17.8 Å². The van der Waals surface area contributed by atoms with Crippen LogP contribution in [0.3, 0.4) is 0 Å². The zero-order valence-corrected chi connectivity index (χ0v) is 21.1. The summed E-state index contributed by atoms with van der Waals surface area (Å²) in [6, 6.07) is 22.4. The van der Waals surface area contributed by atoms with Gasteiger partial charge in [0.2, 0.25) is 5.91 Å².